The third kappa shape index (κ3) is 2.06. The van der Waals surface area contributed by atoms with E-state index in [1.165, 1.54) is 0 Å². The molecular weight excluding hydrogens is 308 g/mol. The van der Waals surface area contributed by atoms with Crippen molar-refractivity contribution < 1.29 is 8.78 Å². The molecule has 1 nitrogen and oxygen atoms in total. The molecule has 1 aromatic rings. The Morgan fingerprint density at radius 3 is 2.54 bits per heavy atom. The summed E-state index contributed by atoms with van der Waals surface area (Å²) in [6, 6.07) is 2.78. The number of benzene rings is 1. The fourth-order valence-corrected chi connectivity index (χ4v) is 1.73. The van der Waals surface area contributed by atoms with Crippen LogP contribution in [0.4, 0.5) is 8.78 Å². The van der Waals surface area contributed by atoms with Gasteiger partial charge in [0.05, 0.1) is 12.5 Å². The van der Waals surface area contributed by atoms with Crippen molar-refractivity contribution in [3.8, 4) is 6.07 Å². The smallest absolute Gasteiger partial charge is 0.164 e. The van der Waals surface area contributed by atoms with E-state index in [2.05, 4.69) is 31.9 Å². The van der Waals surface area contributed by atoms with Crippen LogP contribution in [0.3, 0.4) is 0 Å². The molecule has 5 heteroatoms. The summed E-state index contributed by atoms with van der Waals surface area (Å²) in [5, 5.41) is 8.38. The Balaban J connectivity index is 3.39. The first-order valence-corrected chi connectivity index (χ1v) is 4.85. The zero-order valence-electron chi connectivity index (χ0n) is 6.24. The first-order valence-electron chi connectivity index (χ1n) is 3.26. The number of rotatable bonds is 1. The van der Waals surface area contributed by atoms with E-state index >= 15 is 0 Å². The van der Waals surface area contributed by atoms with Crippen molar-refractivity contribution in [2.24, 2.45) is 0 Å². The van der Waals surface area contributed by atoms with Crippen molar-refractivity contribution in [1.82, 2.24) is 0 Å². The molecule has 0 aromatic heterocycles. The molecular formula is C8H3Br2F2N. The summed E-state index contributed by atoms with van der Waals surface area (Å²) >= 11 is 6.10. The lowest BCUT2D eigenvalue weighted by molar-refractivity contribution is 0.499. The summed E-state index contributed by atoms with van der Waals surface area (Å²) in [7, 11) is 0. The van der Waals surface area contributed by atoms with Crippen LogP contribution in [0.1, 0.15) is 5.56 Å². The van der Waals surface area contributed by atoms with Crippen molar-refractivity contribution in [1.29, 1.82) is 5.26 Å². The molecule has 1 rings (SSSR count). The van der Waals surface area contributed by atoms with Crippen LogP contribution in [0.15, 0.2) is 15.0 Å². The highest BCUT2D eigenvalue weighted by Crippen LogP contribution is 2.30. The summed E-state index contributed by atoms with van der Waals surface area (Å²) in [4.78, 5) is 0. The third-order valence-corrected chi connectivity index (χ3v) is 3.52. The van der Waals surface area contributed by atoms with Crippen LogP contribution in [0, 0.1) is 23.0 Å². The molecule has 0 aliphatic carbocycles. The first kappa shape index (κ1) is 10.6. The number of hydrogen-bond acceptors (Lipinski definition) is 1. The zero-order valence-corrected chi connectivity index (χ0v) is 9.42. The maximum atomic E-state index is 13.1. The fraction of sp³-hybridized carbons (Fsp3) is 0.125. The highest BCUT2D eigenvalue weighted by Gasteiger charge is 2.14. The Kier molecular flexibility index (Phi) is 3.40. The third-order valence-electron chi connectivity index (χ3n) is 1.46. The summed E-state index contributed by atoms with van der Waals surface area (Å²) in [5.74, 6) is -1.93. The van der Waals surface area contributed by atoms with Gasteiger partial charge in [0.15, 0.2) is 11.6 Å². The lowest BCUT2D eigenvalue weighted by Crippen LogP contribution is -1.95. The lowest BCUT2D eigenvalue weighted by Gasteiger charge is -2.04. The predicted molar refractivity (Wildman–Crippen MR) is 51.1 cm³/mol. The van der Waals surface area contributed by atoms with Crippen molar-refractivity contribution in [3.05, 3.63) is 32.2 Å². The van der Waals surface area contributed by atoms with Gasteiger partial charge < -0.3 is 0 Å². The maximum absolute atomic E-state index is 13.1. The topological polar surface area (TPSA) is 23.8 Å². The number of hydrogen-bond donors (Lipinski definition) is 0. The van der Waals surface area contributed by atoms with E-state index in [4.69, 9.17) is 5.26 Å². The van der Waals surface area contributed by atoms with Crippen LogP contribution < -0.4 is 0 Å². The molecule has 0 bridgehead atoms. The molecule has 13 heavy (non-hydrogen) atoms. The highest BCUT2D eigenvalue weighted by atomic mass is 79.9. The Morgan fingerprint density at radius 2 is 2.00 bits per heavy atom. The highest BCUT2D eigenvalue weighted by molar-refractivity contribution is 9.13. The molecule has 0 radical (unpaired) electrons. The van der Waals surface area contributed by atoms with Crippen LogP contribution in [-0.2, 0) is 6.42 Å². The van der Waals surface area contributed by atoms with Crippen LogP contribution in [0.2, 0.25) is 0 Å². The second kappa shape index (κ2) is 4.16. The minimum atomic E-state index is -0.975. The minimum Gasteiger partial charge on any atom is -0.204 e. The molecule has 0 aliphatic heterocycles. The quantitative estimate of drug-likeness (QED) is 0.728. The molecule has 0 amide bonds. The monoisotopic (exact) mass is 309 g/mol. The Morgan fingerprint density at radius 1 is 1.38 bits per heavy atom. The van der Waals surface area contributed by atoms with Crippen LogP contribution >= 0.6 is 31.9 Å². The van der Waals surface area contributed by atoms with Crippen molar-refractivity contribution >= 4 is 31.9 Å². The standard InChI is InChI=1S/C8H3Br2F2N/c9-5-3-6(11)8(12)4(1-2-13)7(5)10/h3H,1H2. The molecule has 68 valence electrons. The van der Waals surface area contributed by atoms with Gasteiger partial charge in [-0.3, -0.25) is 0 Å². The minimum absolute atomic E-state index is 0.0365. The molecule has 0 spiro atoms. The maximum Gasteiger partial charge on any atom is 0.164 e. The summed E-state index contributed by atoms with van der Waals surface area (Å²) in [5.41, 5.74) is 0.0365. The second-order valence-corrected chi connectivity index (χ2v) is 3.93. The van der Waals surface area contributed by atoms with Crippen LogP contribution in [0.25, 0.3) is 0 Å². The van der Waals surface area contributed by atoms with Gasteiger partial charge in [-0.2, -0.15) is 5.26 Å². The molecule has 0 unspecified atom stereocenters. The molecule has 0 heterocycles. The largest absolute Gasteiger partial charge is 0.204 e. The molecule has 0 fully saturated rings. The Bertz CT molecular complexity index is 358. The SMILES string of the molecule is N#CCc1c(F)c(F)cc(Br)c1Br. The molecule has 0 atom stereocenters. The Labute approximate surface area is 90.6 Å². The summed E-state index contributed by atoms with van der Waals surface area (Å²) in [6.45, 7) is 0. The number of nitrogens with zero attached hydrogens (tertiary/aromatic N) is 1. The van der Waals surface area contributed by atoms with E-state index in [9.17, 15) is 8.78 Å². The lowest BCUT2D eigenvalue weighted by atomic mass is 10.1. The van der Waals surface area contributed by atoms with Gasteiger partial charge in [-0.1, -0.05) is 0 Å². The number of halogens is 4. The average Bonchev–Trinajstić information content (AvgIpc) is 2.09. The van der Waals surface area contributed by atoms with Gasteiger partial charge in [-0.15, -0.1) is 0 Å². The van der Waals surface area contributed by atoms with E-state index in [0.29, 0.717) is 8.95 Å². The van der Waals surface area contributed by atoms with E-state index < -0.39 is 11.6 Å². The van der Waals surface area contributed by atoms with Gasteiger partial charge in [0.2, 0.25) is 0 Å². The first-order chi connectivity index (χ1) is 6.07. The normalized spacial score (nSPS) is 9.77. The van der Waals surface area contributed by atoms with Gasteiger partial charge in [0.25, 0.3) is 0 Å². The van der Waals surface area contributed by atoms with Crippen molar-refractivity contribution in [2.75, 3.05) is 0 Å². The number of nitriles is 1. The molecule has 1 aromatic carbocycles. The van der Waals surface area contributed by atoms with E-state index in [-0.39, 0.29) is 12.0 Å². The molecule has 0 N–H and O–H groups in total. The van der Waals surface area contributed by atoms with Crippen molar-refractivity contribution in [3.63, 3.8) is 0 Å². The van der Waals surface area contributed by atoms with Crippen LogP contribution in [0.5, 0.6) is 0 Å². The van der Waals surface area contributed by atoms with Gasteiger partial charge in [0.1, 0.15) is 0 Å². The van der Waals surface area contributed by atoms with Gasteiger partial charge in [-0.05, 0) is 37.9 Å². The van der Waals surface area contributed by atoms with Gasteiger partial charge in [0, 0.05) is 14.5 Å². The second-order valence-electron chi connectivity index (χ2n) is 2.28. The van der Waals surface area contributed by atoms with Crippen LogP contribution in [-0.4, -0.2) is 0 Å². The summed E-state index contributed by atoms with van der Waals surface area (Å²) < 4.78 is 26.6. The molecule has 0 saturated carbocycles. The van der Waals surface area contributed by atoms with Crippen molar-refractivity contribution in [2.45, 2.75) is 6.42 Å². The van der Waals surface area contributed by atoms with Gasteiger partial charge >= 0.3 is 0 Å². The fourth-order valence-electron chi connectivity index (χ4n) is 0.857. The van der Waals surface area contributed by atoms with Gasteiger partial charge in [-0.25, -0.2) is 8.78 Å². The zero-order chi connectivity index (χ0) is 10.0. The predicted octanol–water partition coefficient (Wildman–Crippen LogP) is 3.56. The van der Waals surface area contributed by atoms with E-state index in [0.717, 1.165) is 6.07 Å². The Hall–Kier alpha value is -0.470. The van der Waals surface area contributed by atoms with E-state index in [1.807, 2.05) is 0 Å². The summed E-state index contributed by atoms with van der Waals surface area (Å²) in [6.07, 6.45) is -0.164. The average molecular weight is 311 g/mol. The van der Waals surface area contributed by atoms with E-state index in [1.54, 1.807) is 6.07 Å². The molecule has 0 saturated heterocycles. The molecule has 0 aliphatic rings.